The second-order valence-corrected chi connectivity index (χ2v) is 7.81. The summed E-state index contributed by atoms with van der Waals surface area (Å²) in [6.45, 7) is 6.44. The average Bonchev–Trinajstić information content (AvgIpc) is 2.61. The lowest BCUT2D eigenvalue weighted by Gasteiger charge is -2.27. The topological polar surface area (TPSA) is 237 Å². The molecule has 0 aliphatic carbocycles. The van der Waals surface area contributed by atoms with Crippen LogP contribution in [0.4, 0.5) is 0 Å². The van der Waals surface area contributed by atoms with Gasteiger partial charge >= 0.3 is 5.97 Å². The molecule has 0 aliphatic heterocycles. The number of carboxylic acid groups (broad SMARTS) is 1. The molecule has 4 atom stereocenters. The van der Waals surface area contributed by atoms with Gasteiger partial charge in [0.05, 0.1) is 18.9 Å². The van der Waals surface area contributed by atoms with E-state index in [9.17, 15) is 33.9 Å². The zero-order valence-corrected chi connectivity index (χ0v) is 18.0. The predicted octanol–water partition coefficient (Wildman–Crippen LogP) is -3.08. The van der Waals surface area contributed by atoms with Crippen molar-refractivity contribution >= 4 is 35.5 Å². The first-order chi connectivity index (χ1) is 14.2. The van der Waals surface area contributed by atoms with Gasteiger partial charge in [0, 0.05) is 0 Å². The van der Waals surface area contributed by atoms with Crippen molar-refractivity contribution in [2.45, 2.75) is 64.7 Å². The van der Waals surface area contributed by atoms with E-state index in [0.717, 1.165) is 0 Å². The molecule has 0 fully saturated rings. The lowest BCUT2D eigenvalue weighted by atomic mass is 9.99. The first-order valence-electron chi connectivity index (χ1n) is 9.63. The molecule has 176 valence electrons. The van der Waals surface area contributed by atoms with Crippen LogP contribution in [0.3, 0.4) is 0 Å². The molecular weight excluding hydrogens is 412 g/mol. The molecule has 0 aromatic heterocycles. The van der Waals surface area contributed by atoms with Gasteiger partial charge in [0.25, 0.3) is 0 Å². The normalized spacial score (nSPS) is 14.8. The van der Waals surface area contributed by atoms with Crippen LogP contribution in [0.2, 0.25) is 0 Å². The Labute approximate surface area is 179 Å². The number of carboxylic acids is 1. The van der Waals surface area contributed by atoms with E-state index in [1.807, 2.05) is 0 Å². The molecule has 0 rings (SSSR count). The molecule has 0 saturated carbocycles. The van der Waals surface area contributed by atoms with E-state index < -0.39 is 84.4 Å². The molecule has 4 unspecified atom stereocenters. The number of carbonyl (C=O) groups excluding carboxylic acids is 5. The van der Waals surface area contributed by atoms with Gasteiger partial charge in [-0.1, -0.05) is 27.7 Å². The summed E-state index contributed by atoms with van der Waals surface area (Å²) in [5.74, 6) is -6.46. The van der Waals surface area contributed by atoms with E-state index in [1.165, 1.54) is 0 Å². The number of primary amides is 2. The number of hydrogen-bond donors (Lipinski definition) is 7. The van der Waals surface area contributed by atoms with Crippen molar-refractivity contribution in [3.8, 4) is 0 Å². The van der Waals surface area contributed by atoms with Crippen molar-refractivity contribution in [2.24, 2.45) is 29.0 Å². The largest absolute Gasteiger partial charge is 0.480 e. The fraction of sp³-hybridized carbons (Fsp3) is 0.667. The van der Waals surface area contributed by atoms with Crippen molar-refractivity contribution in [2.75, 3.05) is 0 Å². The molecule has 10 N–H and O–H groups in total. The van der Waals surface area contributed by atoms with Gasteiger partial charge in [-0.3, -0.25) is 24.0 Å². The molecular formula is C18H32N6O7. The lowest BCUT2D eigenvalue weighted by Crippen LogP contribution is -2.59. The molecule has 0 aromatic carbocycles. The van der Waals surface area contributed by atoms with Crippen molar-refractivity contribution in [1.82, 2.24) is 16.0 Å². The van der Waals surface area contributed by atoms with Crippen LogP contribution in [0.25, 0.3) is 0 Å². The Hall–Kier alpha value is -3.22. The predicted molar refractivity (Wildman–Crippen MR) is 109 cm³/mol. The molecule has 0 aliphatic rings. The third kappa shape index (κ3) is 9.89. The summed E-state index contributed by atoms with van der Waals surface area (Å²) in [5, 5.41) is 16.2. The number of carbonyl (C=O) groups is 6. The Balaban J connectivity index is 5.46. The first kappa shape index (κ1) is 27.8. The van der Waals surface area contributed by atoms with Gasteiger partial charge < -0.3 is 38.3 Å². The number of amides is 5. The quantitative estimate of drug-likeness (QED) is 0.153. The van der Waals surface area contributed by atoms with Crippen molar-refractivity contribution in [3.63, 3.8) is 0 Å². The van der Waals surface area contributed by atoms with Gasteiger partial charge in [-0.15, -0.1) is 0 Å². The molecule has 0 bridgehead atoms. The number of hydrogen-bond acceptors (Lipinski definition) is 7. The summed E-state index contributed by atoms with van der Waals surface area (Å²) in [4.78, 5) is 71.0. The van der Waals surface area contributed by atoms with Crippen LogP contribution in [0, 0.1) is 11.8 Å². The van der Waals surface area contributed by atoms with Crippen molar-refractivity contribution in [3.05, 3.63) is 0 Å². The summed E-state index contributed by atoms with van der Waals surface area (Å²) >= 11 is 0. The van der Waals surface area contributed by atoms with Crippen LogP contribution in [-0.4, -0.2) is 64.8 Å². The lowest BCUT2D eigenvalue weighted by molar-refractivity contribution is -0.144. The third-order valence-electron chi connectivity index (χ3n) is 4.27. The maximum atomic E-state index is 12.7. The van der Waals surface area contributed by atoms with Crippen molar-refractivity contribution in [1.29, 1.82) is 0 Å². The Morgan fingerprint density at radius 3 is 1.55 bits per heavy atom. The highest BCUT2D eigenvalue weighted by Gasteiger charge is 2.33. The van der Waals surface area contributed by atoms with Gasteiger partial charge in [0.2, 0.25) is 29.5 Å². The minimum absolute atomic E-state index is 0.418. The number of rotatable bonds is 13. The average molecular weight is 444 g/mol. The Bertz CT molecular complexity index is 710. The Morgan fingerprint density at radius 2 is 1.16 bits per heavy atom. The summed E-state index contributed by atoms with van der Waals surface area (Å²) in [6.07, 6.45) is -1.09. The van der Waals surface area contributed by atoms with Crippen molar-refractivity contribution < 1.29 is 33.9 Å². The van der Waals surface area contributed by atoms with Crippen LogP contribution in [-0.2, 0) is 28.8 Å². The molecule has 0 aromatic rings. The monoisotopic (exact) mass is 444 g/mol. The van der Waals surface area contributed by atoms with Gasteiger partial charge in [-0.2, -0.15) is 0 Å². The third-order valence-corrected chi connectivity index (χ3v) is 4.27. The Kier molecular flexibility index (Phi) is 11.2. The van der Waals surface area contributed by atoms with E-state index >= 15 is 0 Å². The smallest absolute Gasteiger partial charge is 0.326 e. The fourth-order valence-electron chi connectivity index (χ4n) is 2.54. The summed E-state index contributed by atoms with van der Waals surface area (Å²) in [6, 6.07) is -5.18. The molecule has 0 heterocycles. The highest BCUT2D eigenvalue weighted by molar-refractivity contribution is 5.96. The van der Waals surface area contributed by atoms with Crippen LogP contribution in [0.15, 0.2) is 0 Å². The second-order valence-electron chi connectivity index (χ2n) is 7.81. The minimum atomic E-state index is -1.47. The maximum absolute atomic E-state index is 12.7. The van der Waals surface area contributed by atoms with Crippen LogP contribution >= 0.6 is 0 Å². The van der Waals surface area contributed by atoms with E-state index in [0.29, 0.717) is 0 Å². The summed E-state index contributed by atoms with van der Waals surface area (Å²) in [7, 11) is 0. The molecule has 5 amide bonds. The minimum Gasteiger partial charge on any atom is -0.480 e. The summed E-state index contributed by atoms with van der Waals surface area (Å²) < 4.78 is 0. The van der Waals surface area contributed by atoms with E-state index in [2.05, 4.69) is 16.0 Å². The maximum Gasteiger partial charge on any atom is 0.326 e. The second kappa shape index (κ2) is 12.5. The van der Waals surface area contributed by atoms with Gasteiger partial charge in [0.15, 0.2) is 0 Å². The first-order valence-corrected chi connectivity index (χ1v) is 9.63. The van der Waals surface area contributed by atoms with Gasteiger partial charge in [-0.25, -0.2) is 4.79 Å². The zero-order chi connectivity index (χ0) is 24.5. The fourth-order valence-corrected chi connectivity index (χ4v) is 2.54. The van der Waals surface area contributed by atoms with Crippen LogP contribution < -0.4 is 33.2 Å². The number of nitrogens with one attached hydrogen (secondary N) is 3. The SMILES string of the molecule is CC(C)C(NC(=O)C(NC(=O)C(CC(N)=O)NC(=O)C(N)CC(N)=O)C(C)C)C(=O)O. The number of aliphatic carboxylic acids is 1. The highest BCUT2D eigenvalue weighted by Crippen LogP contribution is 2.07. The molecule has 0 radical (unpaired) electrons. The molecule has 0 spiro atoms. The van der Waals surface area contributed by atoms with Gasteiger partial charge in [0.1, 0.15) is 18.1 Å². The zero-order valence-electron chi connectivity index (χ0n) is 18.0. The molecule has 0 saturated heterocycles. The van der Waals surface area contributed by atoms with E-state index in [1.54, 1.807) is 27.7 Å². The summed E-state index contributed by atoms with van der Waals surface area (Å²) in [5.41, 5.74) is 15.6. The highest BCUT2D eigenvalue weighted by atomic mass is 16.4. The molecule has 31 heavy (non-hydrogen) atoms. The Morgan fingerprint density at radius 1 is 0.710 bits per heavy atom. The van der Waals surface area contributed by atoms with Crippen LogP contribution in [0.1, 0.15) is 40.5 Å². The van der Waals surface area contributed by atoms with E-state index in [-0.39, 0.29) is 0 Å². The molecule has 13 nitrogen and oxygen atoms in total. The standard InChI is InChI=1S/C18H32N6O7/c1-7(2)13(17(29)24-14(8(3)4)18(30)31)23-16(28)10(6-12(21)26)22-15(27)9(19)5-11(20)25/h7-10,13-14H,5-6,19H2,1-4H3,(H2,20,25)(H2,21,26)(H,22,27)(H,23,28)(H,24,29)(H,30,31). The number of nitrogens with two attached hydrogens (primary N) is 3. The van der Waals surface area contributed by atoms with E-state index in [4.69, 9.17) is 17.2 Å². The van der Waals surface area contributed by atoms with Crippen LogP contribution in [0.5, 0.6) is 0 Å². The molecule has 13 heteroatoms. The van der Waals surface area contributed by atoms with Gasteiger partial charge in [-0.05, 0) is 11.8 Å².